The van der Waals surface area contributed by atoms with Gasteiger partial charge in [0.05, 0.1) is 21.0 Å². The molecule has 7 heteroatoms. The van der Waals surface area contributed by atoms with Crippen molar-refractivity contribution >= 4 is 33.2 Å². The minimum absolute atomic E-state index is 0.0419. The van der Waals surface area contributed by atoms with E-state index in [-0.39, 0.29) is 28.8 Å². The zero-order chi connectivity index (χ0) is 14.7. The number of halogens is 2. The van der Waals surface area contributed by atoms with Crippen molar-refractivity contribution in [1.82, 2.24) is 0 Å². The Morgan fingerprint density at radius 2 is 1.95 bits per heavy atom. The van der Waals surface area contributed by atoms with Gasteiger partial charge in [-0.05, 0) is 28.1 Å². The molecule has 0 aromatic heterocycles. The number of aliphatic hydroxyl groups excluding tert-OH is 1. The molecule has 0 aliphatic heterocycles. The third kappa shape index (κ3) is 2.92. The van der Waals surface area contributed by atoms with Crippen LogP contribution >= 0.6 is 27.5 Å². The third-order valence-electron chi connectivity index (χ3n) is 2.57. The molecule has 2 aromatic carbocycles. The van der Waals surface area contributed by atoms with E-state index >= 15 is 0 Å². The molecule has 0 unspecified atom stereocenters. The molecule has 2 aromatic rings. The normalized spacial score (nSPS) is 10.3. The van der Waals surface area contributed by atoms with Gasteiger partial charge in [-0.3, -0.25) is 10.1 Å². The maximum absolute atomic E-state index is 11.0. The second-order valence-corrected chi connectivity index (χ2v) is 5.09. The van der Waals surface area contributed by atoms with Crippen LogP contribution in [0.1, 0.15) is 5.56 Å². The van der Waals surface area contributed by atoms with E-state index in [1.54, 1.807) is 24.3 Å². The minimum atomic E-state index is -0.546. The van der Waals surface area contributed by atoms with Crippen molar-refractivity contribution in [2.75, 3.05) is 0 Å². The molecule has 0 heterocycles. The summed E-state index contributed by atoms with van der Waals surface area (Å²) in [7, 11) is 0. The number of para-hydroxylation sites is 2. The van der Waals surface area contributed by atoms with E-state index in [9.17, 15) is 15.2 Å². The average molecular weight is 359 g/mol. The maximum Gasteiger partial charge on any atom is 0.312 e. The molecule has 2 rings (SSSR count). The van der Waals surface area contributed by atoms with E-state index in [1.807, 2.05) is 0 Å². The highest BCUT2D eigenvalue weighted by Gasteiger charge is 2.21. The zero-order valence-corrected chi connectivity index (χ0v) is 12.4. The van der Waals surface area contributed by atoms with Crippen LogP contribution in [0.5, 0.6) is 11.5 Å². The molecular weight excluding hydrogens is 350 g/mol. The summed E-state index contributed by atoms with van der Waals surface area (Å²) >= 11 is 9.23. The zero-order valence-electron chi connectivity index (χ0n) is 10.0. The van der Waals surface area contributed by atoms with Crippen molar-refractivity contribution in [1.29, 1.82) is 0 Å². The Labute approximate surface area is 128 Å². The van der Waals surface area contributed by atoms with Crippen LogP contribution in [-0.4, -0.2) is 10.0 Å². The second-order valence-electron chi connectivity index (χ2n) is 3.83. The fourth-order valence-corrected chi connectivity index (χ4v) is 2.31. The molecule has 0 radical (unpaired) electrons. The number of rotatable bonds is 4. The van der Waals surface area contributed by atoms with Gasteiger partial charge in [-0.15, -0.1) is 0 Å². The van der Waals surface area contributed by atoms with Gasteiger partial charge in [0.1, 0.15) is 0 Å². The van der Waals surface area contributed by atoms with Crippen LogP contribution in [0.15, 0.2) is 40.9 Å². The van der Waals surface area contributed by atoms with Crippen molar-refractivity contribution in [3.63, 3.8) is 0 Å². The Balaban J connectivity index is 2.53. The van der Waals surface area contributed by atoms with Crippen LogP contribution in [0.3, 0.4) is 0 Å². The molecule has 0 saturated carbocycles. The van der Waals surface area contributed by atoms with Crippen LogP contribution in [0.4, 0.5) is 5.69 Å². The summed E-state index contributed by atoms with van der Waals surface area (Å²) in [5.41, 5.74) is 0.255. The molecule has 0 atom stereocenters. The van der Waals surface area contributed by atoms with Gasteiger partial charge in [-0.25, -0.2) is 0 Å². The van der Waals surface area contributed by atoms with Gasteiger partial charge in [0.25, 0.3) is 0 Å². The lowest BCUT2D eigenvalue weighted by Crippen LogP contribution is -1.97. The Morgan fingerprint density at radius 1 is 1.25 bits per heavy atom. The predicted octanol–water partition coefficient (Wildman–Crippen LogP) is 4.30. The fraction of sp³-hybridized carbons (Fsp3) is 0.0769. The topological polar surface area (TPSA) is 72.6 Å². The van der Waals surface area contributed by atoms with Crippen molar-refractivity contribution < 1.29 is 14.8 Å². The Bertz CT molecular complexity index is 663. The molecule has 0 fully saturated rings. The molecule has 1 N–H and O–H groups in total. The number of aliphatic hydroxyl groups is 1. The molecule has 0 aliphatic carbocycles. The summed E-state index contributed by atoms with van der Waals surface area (Å²) in [6.07, 6.45) is 0. The van der Waals surface area contributed by atoms with Crippen LogP contribution < -0.4 is 4.74 Å². The Kier molecular flexibility index (Phi) is 4.59. The van der Waals surface area contributed by atoms with Crippen molar-refractivity contribution in [3.05, 3.63) is 61.6 Å². The molecular formula is C13H9BrClNO4. The van der Waals surface area contributed by atoms with Crippen LogP contribution in [-0.2, 0) is 6.61 Å². The summed E-state index contributed by atoms with van der Waals surface area (Å²) in [5, 5.41) is 20.6. The van der Waals surface area contributed by atoms with E-state index in [0.29, 0.717) is 10.0 Å². The molecule has 0 spiro atoms. The highest BCUT2D eigenvalue weighted by atomic mass is 79.9. The first-order valence-electron chi connectivity index (χ1n) is 5.53. The standard InChI is InChI=1S/C13H9BrClNO4/c14-9-4-2-6-11(16(18)19)13(9)20-12-8(7-17)3-1-5-10(12)15/h1-6,17H,7H2. The molecule has 0 saturated heterocycles. The van der Waals surface area contributed by atoms with E-state index in [0.717, 1.165) is 0 Å². The van der Waals surface area contributed by atoms with Crippen molar-refractivity contribution in [3.8, 4) is 11.5 Å². The van der Waals surface area contributed by atoms with E-state index < -0.39 is 4.92 Å². The maximum atomic E-state index is 11.0. The first-order valence-corrected chi connectivity index (χ1v) is 6.70. The number of nitro benzene ring substituents is 1. The molecule has 20 heavy (non-hydrogen) atoms. The lowest BCUT2D eigenvalue weighted by molar-refractivity contribution is -0.385. The largest absolute Gasteiger partial charge is 0.447 e. The van der Waals surface area contributed by atoms with Gasteiger partial charge >= 0.3 is 5.69 Å². The Hall–Kier alpha value is -1.63. The molecule has 5 nitrogen and oxygen atoms in total. The number of nitrogens with zero attached hydrogens (tertiary/aromatic N) is 1. The fourth-order valence-electron chi connectivity index (χ4n) is 1.64. The van der Waals surface area contributed by atoms with Gasteiger partial charge in [0, 0.05) is 11.6 Å². The first kappa shape index (κ1) is 14.8. The summed E-state index contributed by atoms with van der Waals surface area (Å²) in [6, 6.07) is 9.36. The lowest BCUT2D eigenvalue weighted by Gasteiger charge is -2.12. The van der Waals surface area contributed by atoms with Crippen LogP contribution in [0.2, 0.25) is 5.02 Å². The van der Waals surface area contributed by atoms with Gasteiger partial charge in [0.15, 0.2) is 5.75 Å². The summed E-state index contributed by atoms with van der Waals surface area (Å²) in [4.78, 5) is 10.5. The second kappa shape index (κ2) is 6.21. The Morgan fingerprint density at radius 3 is 2.60 bits per heavy atom. The molecule has 0 amide bonds. The number of nitro groups is 1. The lowest BCUT2D eigenvalue weighted by atomic mass is 10.2. The van der Waals surface area contributed by atoms with E-state index in [4.69, 9.17) is 16.3 Å². The number of hydrogen-bond donors (Lipinski definition) is 1. The average Bonchev–Trinajstić information content (AvgIpc) is 2.42. The monoisotopic (exact) mass is 357 g/mol. The number of hydrogen-bond acceptors (Lipinski definition) is 4. The summed E-state index contributed by atoms with van der Waals surface area (Å²) in [5.74, 6) is 0.243. The first-order chi connectivity index (χ1) is 9.54. The van der Waals surface area contributed by atoms with Gasteiger partial charge < -0.3 is 9.84 Å². The molecule has 104 valence electrons. The van der Waals surface area contributed by atoms with E-state index in [2.05, 4.69) is 15.9 Å². The van der Waals surface area contributed by atoms with Crippen molar-refractivity contribution in [2.45, 2.75) is 6.61 Å². The highest BCUT2D eigenvalue weighted by molar-refractivity contribution is 9.10. The molecule has 0 bridgehead atoms. The number of benzene rings is 2. The summed E-state index contributed by atoms with van der Waals surface area (Å²) < 4.78 is 6.00. The van der Waals surface area contributed by atoms with Gasteiger partial charge in [-0.2, -0.15) is 0 Å². The quantitative estimate of drug-likeness (QED) is 0.653. The SMILES string of the molecule is O=[N+]([O-])c1cccc(Br)c1Oc1c(Cl)cccc1CO. The van der Waals surface area contributed by atoms with Crippen LogP contribution in [0, 0.1) is 10.1 Å². The number of ether oxygens (including phenoxy) is 1. The van der Waals surface area contributed by atoms with Gasteiger partial charge in [0.2, 0.25) is 5.75 Å². The minimum Gasteiger partial charge on any atom is -0.447 e. The highest BCUT2D eigenvalue weighted by Crippen LogP contribution is 2.41. The van der Waals surface area contributed by atoms with Gasteiger partial charge in [-0.1, -0.05) is 29.8 Å². The summed E-state index contributed by atoms with van der Waals surface area (Å²) in [6.45, 7) is -0.284. The third-order valence-corrected chi connectivity index (χ3v) is 3.49. The smallest absolute Gasteiger partial charge is 0.312 e. The van der Waals surface area contributed by atoms with Crippen molar-refractivity contribution in [2.24, 2.45) is 0 Å². The van der Waals surface area contributed by atoms with E-state index in [1.165, 1.54) is 12.1 Å². The molecule has 0 aliphatic rings. The predicted molar refractivity (Wildman–Crippen MR) is 78.2 cm³/mol. The van der Waals surface area contributed by atoms with Crippen LogP contribution in [0.25, 0.3) is 0 Å².